The minimum atomic E-state index is 0.603. The van der Waals surface area contributed by atoms with E-state index in [0.717, 1.165) is 61.7 Å². The lowest BCUT2D eigenvalue weighted by Gasteiger charge is -2.18. The van der Waals surface area contributed by atoms with Crippen molar-refractivity contribution in [3.8, 4) is 0 Å². The van der Waals surface area contributed by atoms with Gasteiger partial charge in [0.15, 0.2) is 5.65 Å². The van der Waals surface area contributed by atoms with Crippen LogP contribution in [0.5, 0.6) is 0 Å². The molecule has 0 fully saturated rings. The Morgan fingerprint density at radius 1 is 1.24 bits per heavy atom. The summed E-state index contributed by atoms with van der Waals surface area (Å²) in [5.74, 6) is 1.68. The Kier molecular flexibility index (Phi) is 5.65. The number of alkyl halides is 1. The molecule has 0 aliphatic heterocycles. The fourth-order valence-electron chi connectivity index (χ4n) is 2.88. The van der Waals surface area contributed by atoms with Crippen LogP contribution in [0.25, 0.3) is 11.2 Å². The number of aromatic nitrogens is 4. The molecule has 0 saturated carbocycles. The first-order chi connectivity index (χ1) is 10.1. The molecular weight excluding hydrogens is 286 g/mol. The van der Waals surface area contributed by atoms with Gasteiger partial charge in [0.1, 0.15) is 11.3 Å². The van der Waals surface area contributed by atoms with Crippen molar-refractivity contribution < 1.29 is 0 Å². The molecule has 0 spiro atoms. The van der Waals surface area contributed by atoms with Crippen molar-refractivity contribution in [2.45, 2.75) is 40.2 Å². The van der Waals surface area contributed by atoms with Crippen molar-refractivity contribution in [2.24, 2.45) is 7.05 Å². The third kappa shape index (κ3) is 3.40. The largest absolute Gasteiger partial charge is 0.313 e. The fourth-order valence-corrected chi connectivity index (χ4v) is 3.05. The maximum Gasteiger partial charge on any atom is 0.158 e. The predicted molar refractivity (Wildman–Crippen MR) is 88.1 cm³/mol. The van der Waals surface area contributed by atoms with Crippen LogP contribution in [-0.4, -0.2) is 49.7 Å². The Bertz CT molecular complexity index is 582. The highest BCUT2D eigenvalue weighted by atomic mass is 35.5. The van der Waals surface area contributed by atoms with E-state index in [0.29, 0.717) is 5.88 Å². The molecule has 5 nitrogen and oxygen atoms in total. The molecule has 2 aromatic rings. The lowest BCUT2D eigenvalue weighted by atomic mass is 10.3. The van der Waals surface area contributed by atoms with Crippen molar-refractivity contribution in [1.29, 1.82) is 0 Å². The van der Waals surface area contributed by atoms with Gasteiger partial charge < -0.3 is 9.47 Å². The zero-order valence-electron chi connectivity index (χ0n) is 13.6. The molecule has 0 aliphatic carbocycles. The smallest absolute Gasteiger partial charge is 0.158 e. The molecule has 0 bridgehead atoms. The van der Waals surface area contributed by atoms with Crippen molar-refractivity contribution in [2.75, 3.05) is 25.5 Å². The second kappa shape index (κ2) is 7.27. The van der Waals surface area contributed by atoms with Crippen molar-refractivity contribution in [3.63, 3.8) is 0 Å². The summed E-state index contributed by atoms with van der Waals surface area (Å²) in [6.45, 7) is 10.7. The summed E-state index contributed by atoms with van der Waals surface area (Å²) in [4.78, 5) is 7.19. The Balaban J connectivity index is 2.21. The summed E-state index contributed by atoms with van der Waals surface area (Å²) in [6, 6.07) is 0. The zero-order chi connectivity index (χ0) is 15.4. The number of halogens is 1. The SMILES string of the molecule is CCN(CC)CCCn1c(CCCl)nc2c(C)nn(C)c21. The van der Waals surface area contributed by atoms with E-state index in [1.54, 1.807) is 0 Å². The molecule has 0 N–H and O–H groups in total. The van der Waals surface area contributed by atoms with Gasteiger partial charge in [0.05, 0.1) is 5.69 Å². The van der Waals surface area contributed by atoms with Crippen LogP contribution in [0.1, 0.15) is 31.8 Å². The predicted octanol–water partition coefficient (Wildman–Crippen LogP) is 2.59. The van der Waals surface area contributed by atoms with Gasteiger partial charge in [-0.1, -0.05) is 13.8 Å². The van der Waals surface area contributed by atoms with Gasteiger partial charge in [0, 0.05) is 25.9 Å². The molecule has 0 radical (unpaired) electrons. The van der Waals surface area contributed by atoms with Crippen LogP contribution in [0.3, 0.4) is 0 Å². The number of hydrogen-bond acceptors (Lipinski definition) is 3. The van der Waals surface area contributed by atoms with Gasteiger partial charge in [-0.2, -0.15) is 5.10 Å². The summed E-state index contributed by atoms with van der Waals surface area (Å²) >= 11 is 5.93. The lowest BCUT2D eigenvalue weighted by molar-refractivity contribution is 0.293. The second-order valence-electron chi connectivity index (χ2n) is 5.38. The Morgan fingerprint density at radius 3 is 2.57 bits per heavy atom. The van der Waals surface area contributed by atoms with Crippen molar-refractivity contribution >= 4 is 22.8 Å². The van der Waals surface area contributed by atoms with Gasteiger partial charge in [0.2, 0.25) is 0 Å². The number of imidazole rings is 1. The normalized spacial score (nSPS) is 11.9. The number of hydrogen-bond donors (Lipinski definition) is 0. The summed E-state index contributed by atoms with van der Waals surface area (Å²) in [6.07, 6.45) is 1.92. The van der Waals surface area contributed by atoms with Crippen LogP contribution in [0, 0.1) is 6.92 Å². The van der Waals surface area contributed by atoms with Crippen molar-refractivity contribution in [1.82, 2.24) is 24.2 Å². The Hall–Kier alpha value is -1.07. The molecular formula is C15H26ClN5. The molecule has 118 valence electrons. The monoisotopic (exact) mass is 311 g/mol. The highest BCUT2D eigenvalue weighted by Crippen LogP contribution is 2.20. The number of aryl methyl sites for hydroxylation is 4. The molecule has 2 heterocycles. The average Bonchev–Trinajstić information content (AvgIpc) is 2.95. The maximum atomic E-state index is 5.93. The highest BCUT2D eigenvalue weighted by Gasteiger charge is 2.16. The molecule has 0 unspecified atom stereocenters. The van der Waals surface area contributed by atoms with E-state index < -0.39 is 0 Å². The molecule has 0 atom stereocenters. The quantitative estimate of drug-likeness (QED) is 0.703. The van der Waals surface area contributed by atoms with Crippen LogP contribution in [0.15, 0.2) is 0 Å². The minimum absolute atomic E-state index is 0.603. The number of rotatable bonds is 8. The summed E-state index contributed by atoms with van der Waals surface area (Å²) in [5.41, 5.74) is 3.12. The van der Waals surface area contributed by atoms with Crippen molar-refractivity contribution in [3.05, 3.63) is 11.5 Å². The Labute approximate surface area is 131 Å². The molecule has 0 saturated heterocycles. The maximum absolute atomic E-state index is 5.93. The minimum Gasteiger partial charge on any atom is -0.313 e. The first-order valence-electron chi connectivity index (χ1n) is 7.79. The number of fused-ring (bicyclic) bond motifs is 1. The van der Waals surface area contributed by atoms with Gasteiger partial charge in [-0.3, -0.25) is 4.68 Å². The first kappa shape index (κ1) is 16.3. The average molecular weight is 312 g/mol. The van der Waals surface area contributed by atoms with E-state index in [9.17, 15) is 0 Å². The van der Waals surface area contributed by atoms with Gasteiger partial charge in [0.25, 0.3) is 0 Å². The van der Waals surface area contributed by atoms with E-state index in [1.807, 2.05) is 18.7 Å². The molecule has 0 aromatic carbocycles. The highest BCUT2D eigenvalue weighted by molar-refractivity contribution is 6.17. The van der Waals surface area contributed by atoms with E-state index in [1.165, 1.54) is 0 Å². The molecule has 0 amide bonds. The van der Waals surface area contributed by atoms with E-state index >= 15 is 0 Å². The van der Waals surface area contributed by atoms with Gasteiger partial charge in [-0.05, 0) is 33.0 Å². The van der Waals surface area contributed by atoms with E-state index in [-0.39, 0.29) is 0 Å². The summed E-state index contributed by atoms with van der Waals surface area (Å²) in [7, 11) is 1.99. The van der Waals surface area contributed by atoms with E-state index in [2.05, 4.69) is 28.4 Å². The van der Waals surface area contributed by atoms with Gasteiger partial charge in [-0.25, -0.2) is 4.98 Å². The molecule has 21 heavy (non-hydrogen) atoms. The lowest BCUT2D eigenvalue weighted by Crippen LogP contribution is -2.25. The van der Waals surface area contributed by atoms with Crippen LogP contribution in [-0.2, 0) is 20.0 Å². The molecule has 2 aromatic heterocycles. The van der Waals surface area contributed by atoms with Crippen LogP contribution >= 0.6 is 11.6 Å². The van der Waals surface area contributed by atoms with Crippen LogP contribution < -0.4 is 0 Å². The summed E-state index contributed by atoms with van der Waals surface area (Å²) < 4.78 is 4.23. The third-order valence-corrected chi connectivity index (χ3v) is 4.23. The third-order valence-electron chi connectivity index (χ3n) is 4.04. The van der Waals surface area contributed by atoms with Gasteiger partial charge in [-0.15, -0.1) is 11.6 Å². The second-order valence-corrected chi connectivity index (χ2v) is 5.76. The summed E-state index contributed by atoms with van der Waals surface area (Å²) in [5, 5.41) is 4.48. The standard InChI is InChI=1S/C15H26ClN5/c1-5-20(6-2)10-7-11-21-13(8-9-16)17-14-12(3)18-19(4)15(14)21/h5-11H2,1-4H3. The van der Waals surface area contributed by atoms with E-state index in [4.69, 9.17) is 16.6 Å². The van der Waals surface area contributed by atoms with Gasteiger partial charge >= 0.3 is 0 Å². The topological polar surface area (TPSA) is 38.9 Å². The number of nitrogens with zero attached hydrogens (tertiary/aromatic N) is 5. The molecule has 0 aliphatic rings. The van der Waals surface area contributed by atoms with Crippen LogP contribution in [0.4, 0.5) is 0 Å². The fraction of sp³-hybridized carbons (Fsp3) is 0.733. The first-order valence-corrected chi connectivity index (χ1v) is 8.32. The Morgan fingerprint density at radius 2 is 1.95 bits per heavy atom. The molecule has 6 heteroatoms. The zero-order valence-corrected chi connectivity index (χ0v) is 14.3. The van der Waals surface area contributed by atoms with Crippen LogP contribution in [0.2, 0.25) is 0 Å². The molecule has 2 rings (SSSR count).